The smallest absolute Gasteiger partial charge is 0.304 e. The van der Waals surface area contributed by atoms with E-state index in [-0.39, 0.29) is 12.1 Å². The summed E-state index contributed by atoms with van der Waals surface area (Å²) < 4.78 is 9.60. The maximum atomic E-state index is 10.4. The van der Waals surface area contributed by atoms with Gasteiger partial charge in [0.1, 0.15) is 0 Å². The number of rotatable bonds is 4. The monoisotopic (exact) mass is 180 g/mol. The van der Waals surface area contributed by atoms with Crippen LogP contribution in [-0.4, -0.2) is 24.7 Å². The van der Waals surface area contributed by atoms with Gasteiger partial charge in [-0.25, -0.2) is 0 Å². The molecule has 0 aliphatic rings. The second kappa shape index (κ2) is 5.38. The summed E-state index contributed by atoms with van der Waals surface area (Å²) in [4.78, 5) is 10.4. The summed E-state index contributed by atoms with van der Waals surface area (Å²) in [6.45, 7) is 3.19. The lowest BCUT2D eigenvalue weighted by Crippen LogP contribution is -2.17. The molecule has 4 heteroatoms. The molecule has 66 valence electrons. The van der Waals surface area contributed by atoms with Crippen molar-refractivity contribution in [2.24, 2.45) is 0 Å². The topological polar surface area (TPSA) is 35.5 Å². The Morgan fingerprint density at radius 2 is 2.18 bits per heavy atom. The van der Waals surface area contributed by atoms with Crippen LogP contribution in [0.15, 0.2) is 0 Å². The van der Waals surface area contributed by atoms with Gasteiger partial charge in [-0.2, -0.15) is 0 Å². The second-order valence-electron chi connectivity index (χ2n) is 2.30. The van der Waals surface area contributed by atoms with E-state index in [1.807, 2.05) is 6.92 Å². The lowest BCUT2D eigenvalue weighted by molar-refractivity contribution is -0.143. The van der Waals surface area contributed by atoms with Gasteiger partial charge in [-0.1, -0.05) is 11.6 Å². The zero-order chi connectivity index (χ0) is 8.85. The molecule has 0 bridgehead atoms. The number of alkyl halides is 1. The largest absolute Gasteiger partial charge is 0.446 e. The van der Waals surface area contributed by atoms with Gasteiger partial charge >= 0.3 is 5.97 Å². The molecule has 0 saturated heterocycles. The van der Waals surface area contributed by atoms with E-state index in [9.17, 15) is 4.79 Å². The van der Waals surface area contributed by atoms with E-state index in [0.717, 1.165) is 0 Å². The predicted octanol–water partition coefficient (Wildman–Crippen LogP) is 1.54. The Kier molecular flexibility index (Phi) is 5.24. The van der Waals surface area contributed by atoms with Gasteiger partial charge in [0.2, 0.25) is 0 Å². The Hall–Kier alpha value is -0.280. The zero-order valence-electron chi connectivity index (χ0n) is 6.96. The number of carbonyl (C=O) groups excluding carboxylic acids is 1. The molecule has 2 unspecified atom stereocenters. The van der Waals surface area contributed by atoms with Crippen LogP contribution < -0.4 is 0 Å². The van der Waals surface area contributed by atoms with Crippen molar-refractivity contribution >= 4 is 17.6 Å². The van der Waals surface area contributed by atoms with E-state index in [4.69, 9.17) is 16.3 Å². The molecule has 0 aliphatic carbocycles. The van der Waals surface area contributed by atoms with Crippen molar-refractivity contribution in [3.8, 4) is 0 Å². The molecule has 0 radical (unpaired) electrons. The molecular formula is C7H13ClO3. The van der Waals surface area contributed by atoms with Crippen molar-refractivity contribution in [1.29, 1.82) is 0 Å². The number of methoxy groups -OCH3 is 1. The second-order valence-corrected chi connectivity index (χ2v) is 2.79. The average molecular weight is 181 g/mol. The van der Waals surface area contributed by atoms with Gasteiger partial charge < -0.3 is 9.47 Å². The van der Waals surface area contributed by atoms with Crippen molar-refractivity contribution < 1.29 is 14.3 Å². The number of halogens is 1. The first kappa shape index (κ1) is 10.7. The fourth-order valence-corrected chi connectivity index (χ4v) is 0.962. The van der Waals surface area contributed by atoms with Crippen LogP contribution >= 0.6 is 11.6 Å². The summed E-state index contributed by atoms with van der Waals surface area (Å²) in [6.07, 6.45) is 0.523. The third kappa shape index (κ3) is 6.13. The zero-order valence-corrected chi connectivity index (χ0v) is 7.72. The van der Waals surface area contributed by atoms with Crippen molar-refractivity contribution in [2.45, 2.75) is 31.9 Å². The number of hydrogen-bond donors (Lipinski definition) is 0. The highest BCUT2D eigenvalue weighted by Crippen LogP contribution is 2.09. The molecule has 0 spiro atoms. The van der Waals surface area contributed by atoms with Crippen LogP contribution in [0.4, 0.5) is 0 Å². The predicted molar refractivity (Wildman–Crippen MR) is 42.5 cm³/mol. The van der Waals surface area contributed by atoms with Gasteiger partial charge in [0.15, 0.2) is 5.56 Å². The van der Waals surface area contributed by atoms with Crippen LogP contribution in [0, 0.1) is 0 Å². The van der Waals surface area contributed by atoms with E-state index >= 15 is 0 Å². The summed E-state index contributed by atoms with van der Waals surface area (Å²) in [7, 11) is 1.59. The molecule has 3 nitrogen and oxygen atoms in total. The van der Waals surface area contributed by atoms with Crippen molar-refractivity contribution in [2.75, 3.05) is 7.11 Å². The molecule has 0 aliphatic heterocycles. The van der Waals surface area contributed by atoms with E-state index < -0.39 is 5.56 Å². The molecule has 0 heterocycles. The quantitative estimate of drug-likeness (QED) is 0.486. The first-order chi connectivity index (χ1) is 5.06. The molecule has 2 atom stereocenters. The van der Waals surface area contributed by atoms with Crippen LogP contribution in [0.25, 0.3) is 0 Å². The van der Waals surface area contributed by atoms with Crippen LogP contribution in [-0.2, 0) is 14.3 Å². The average Bonchev–Trinajstić information content (AvgIpc) is 1.85. The maximum absolute atomic E-state index is 10.4. The first-order valence-corrected chi connectivity index (χ1v) is 3.84. The Morgan fingerprint density at radius 1 is 1.64 bits per heavy atom. The van der Waals surface area contributed by atoms with Crippen LogP contribution in [0.1, 0.15) is 20.3 Å². The molecule has 11 heavy (non-hydrogen) atoms. The number of carbonyl (C=O) groups is 1. The summed E-state index contributed by atoms with van der Waals surface area (Å²) >= 11 is 5.63. The highest BCUT2D eigenvalue weighted by molar-refractivity contribution is 6.20. The van der Waals surface area contributed by atoms with Gasteiger partial charge in [0, 0.05) is 20.5 Å². The SMILES string of the molecule is COC(C)CC(Cl)OC(C)=O. The van der Waals surface area contributed by atoms with Gasteiger partial charge in [-0.3, -0.25) is 4.79 Å². The standard InChI is InChI=1S/C7H13ClO3/c1-5(10-3)4-7(8)11-6(2)9/h5,7H,4H2,1-3H3. The maximum Gasteiger partial charge on any atom is 0.304 e. The van der Waals surface area contributed by atoms with Gasteiger partial charge in [0.25, 0.3) is 0 Å². The van der Waals surface area contributed by atoms with Crippen molar-refractivity contribution in [3.63, 3.8) is 0 Å². The Balaban J connectivity index is 3.51. The number of esters is 1. The molecule has 0 rings (SSSR count). The third-order valence-electron chi connectivity index (χ3n) is 1.21. The minimum absolute atomic E-state index is 0.0110. The van der Waals surface area contributed by atoms with Gasteiger partial charge in [0.05, 0.1) is 6.10 Å². The molecule has 0 aromatic carbocycles. The first-order valence-electron chi connectivity index (χ1n) is 3.40. The van der Waals surface area contributed by atoms with E-state index in [1.54, 1.807) is 7.11 Å². The molecule has 0 aromatic heterocycles. The number of ether oxygens (including phenoxy) is 2. The Bertz CT molecular complexity index is 127. The van der Waals surface area contributed by atoms with Gasteiger partial charge in [-0.05, 0) is 6.92 Å². The Morgan fingerprint density at radius 3 is 2.55 bits per heavy atom. The molecule has 0 aromatic rings. The summed E-state index contributed by atoms with van der Waals surface area (Å²) in [5, 5.41) is 0. The fraction of sp³-hybridized carbons (Fsp3) is 0.857. The molecular weight excluding hydrogens is 168 g/mol. The summed E-state index contributed by atoms with van der Waals surface area (Å²) in [6, 6.07) is 0. The van der Waals surface area contributed by atoms with Crippen molar-refractivity contribution in [1.82, 2.24) is 0 Å². The normalized spacial score (nSPS) is 15.6. The third-order valence-corrected chi connectivity index (χ3v) is 1.48. The minimum atomic E-state index is -0.581. The molecule has 0 N–H and O–H groups in total. The van der Waals surface area contributed by atoms with Crippen molar-refractivity contribution in [3.05, 3.63) is 0 Å². The molecule has 0 amide bonds. The van der Waals surface area contributed by atoms with Crippen LogP contribution in [0.3, 0.4) is 0 Å². The van der Waals surface area contributed by atoms with Crippen LogP contribution in [0.2, 0.25) is 0 Å². The fourth-order valence-electron chi connectivity index (χ4n) is 0.585. The highest BCUT2D eigenvalue weighted by Gasteiger charge is 2.11. The summed E-state index contributed by atoms with van der Waals surface area (Å²) in [5.74, 6) is -0.367. The van der Waals surface area contributed by atoms with E-state index in [0.29, 0.717) is 6.42 Å². The van der Waals surface area contributed by atoms with Gasteiger partial charge in [-0.15, -0.1) is 0 Å². The summed E-state index contributed by atoms with van der Waals surface area (Å²) in [5.41, 5.74) is -0.581. The lowest BCUT2D eigenvalue weighted by atomic mass is 10.3. The van der Waals surface area contributed by atoms with E-state index in [1.165, 1.54) is 6.92 Å². The van der Waals surface area contributed by atoms with E-state index in [2.05, 4.69) is 4.74 Å². The highest BCUT2D eigenvalue weighted by atomic mass is 35.5. The minimum Gasteiger partial charge on any atom is -0.446 e. The molecule has 0 saturated carbocycles. The lowest BCUT2D eigenvalue weighted by Gasteiger charge is -2.13. The number of hydrogen-bond acceptors (Lipinski definition) is 3. The van der Waals surface area contributed by atoms with Crippen LogP contribution in [0.5, 0.6) is 0 Å². The Labute approximate surface area is 71.6 Å². The molecule has 0 fully saturated rings.